The molecule has 1 amide bonds. The van der Waals surface area contributed by atoms with Gasteiger partial charge in [0.2, 0.25) is 5.78 Å². The van der Waals surface area contributed by atoms with Crippen LogP contribution in [0.2, 0.25) is 0 Å². The molecule has 7 N–H and O–H groups in total. The molecule has 1 fully saturated rings. The molecular weight excluding hydrogens is 530 g/mol. The molecule has 11 nitrogen and oxygen atoms in total. The minimum absolute atomic E-state index is 0.0137. The lowest BCUT2D eigenvalue weighted by atomic mass is 9.57. The molecule has 1 aromatic carbocycles. The summed E-state index contributed by atoms with van der Waals surface area (Å²) in [5.74, 6) is -5.65. The van der Waals surface area contributed by atoms with E-state index in [4.69, 9.17) is 10.2 Å². The van der Waals surface area contributed by atoms with Gasteiger partial charge in [-0.15, -0.1) is 0 Å². The first-order chi connectivity index (χ1) is 19.1. The molecule has 0 spiro atoms. The van der Waals surface area contributed by atoms with Crippen molar-refractivity contribution in [3.63, 3.8) is 0 Å². The van der Waals surface area contributed by atoms with Crippen LogP contribution in [0, 0.1) is 11.8 Å². The minimum atomic E-state index is -2.67. The maximum absolute atomic E-state index is 14.0. The SMILES string of the molecule is CN(C)[C@@H]1C(=O)C(C(N)=O)=C(O)[C@@]2(O)C(=O)C3=C(O)c4c(O)ccc(-c5ccc(CNC(C)(C)C)o5)c4C[C@H]3C[C@@H]12. The van der Waals surface area contributed by atoms with Gasteiger partial charge in [-0.25, -0.2) is 0 Å². The summed E-state index contributed by atoms with van der Waals surface area (Å²) in [6.45, 7) is 6.60. The van der Waals surface area contributed by atoms with Gasteiger partial charge in [0.25, 0.3) is 5.91 Å². The van der Waals surface area contributed by atoms with Gasteiger partial charge < -0.3 is 35.9 Å². The third-order valence-electron chi connectivity index (χ3n) is 8.32. The number of benzene rings is 1. The highest BCUT2D eigenvalue weighted by Gasteiger charge is 2.64. The average molecular weight is 566 g/mol. The van der Waals surface area contributed by atoms with Crippen LogP contribution in [0.3, 0.4) is 0 Å². The number of likely N-dealkylation sites (N-methyl/N-ethyl adjacent to an activating group) is 1. The molecule has 2 aromatic rings. The van der Waals surface area contributed by atoms with Crippen molar-refractivity contribution in [1.29, 1.82) is 0 Å². The van der Waals surface area contributed by atoms with Crippen molar-refractivity contribution in [1.82, 2.24) is 10.2 Å². The van der Waals surface area contributed by atoms with E-state index in [9.17, 15) is 34.8 Å². The fraction of sp³-hybridized carbons (Fsp3) is 0.433. The molecule has 1 aromatic heterocycles. The van der Waals surface area contributed by atoms with Crippen LogP contribution < -0.4 is 11.1 Å². The number of nitrogens with two attached hydrogens (primary N) is 1. The van der Waals surface area contributed by atoms with Crippen LogP contribution in [0.15, 0.2) is 45.6 Å². The minimum Gasteiger partial charge on any atom is -0.508 e. The summed E-state index contributed by atoms with van der Waals surface area (Å²) < 4.78 is 6.09. The smallest absolute Gasteiger partial charge is 0.255 e. The maximum Gasteiger partial charge on any atom is 0.255 e. The quantitative estimate of drug-likeness (QED) is 0.293. The van der Waals surface area contributed by atoms with Crippen LogP contribution >= 0.6 is 0 Å². The summed E-state index contributed by atoms with van der Waals surface area (Å²) in [7, 11) is 3.12. The first-order valence-corrected chi connectivity index (χ1v) is 13.4. The van der Waals surface area contributed by atoms with Crippen molar-refractivity contribution in [2.75, 3.05) is 14.1 Å². The Morgan fingerprint density at radius 3 is 2.44 bits per heavy atom. The number of furan rings is 1. The molecule has 0 aliphatic heterocycles. The van der Waals surface area contributed by atoms with E-state index in [1.807, 2.05) is 26.8 Å². The number of phenolic OH excluding ortho intramolecular Hbond substituents is 1. The summed E-state index contributed by atoms with van der Waals surface area (Å²) >= 11 is 0. The van der Waals surface area contributed by atoms with E-state index in [2.05, 4.69) is 5.32 Å². The number of amides is 1. The Hall–Kier alpha value is -3.93. The number of rotatable bonds is 5. The number of carbonyl (C=O) groups is 3. The fourth-order valence-corrected chi connectivity index (χ4v) is 6.44. The third-order valence-corrected chi connectivity index (χ3v) is 8.32. The molecule has 3 aliphatic carbocycles. The van der Waals surface area contributed by atoms with Crippen LogP contribution in [-0.2, 0) is 27.3 Å². The summed E-state index contributed by atoms with van der Waals surface area (Å²) in [5.41, 5.74) is 2.70. The number of Topliss-reactive ketones (excluding diaryl/α,β-unsaturated/α-hetero) is 2. The van der Waals surface area contributed by atoms with Crippen molar-refractivity contribution in [3.8, 4) is 17.1 Å². The summed E-state index contributed by atoms with van der Waals surface area (Å²) in [5, 5.41) is 48.3. The molecule has 0 saturated heterocycles. The highest BCUT2D eigenvalue weighted by Crippen LogP contribution is 2.53. The predicted octanol–water partition coefficient (Wildman–Crippen LogP) is 2.11. The second-order valence-electron chi connectivity index (χ2n) is 12.3. The standard InChI is InChI=1S/C30H35N3O8/c1-29(2,3)32-12-14-6-9-19(41-14)15-7-8-18(34)21-16(15)10-13-11-17-23(33(4)5)25(36)22(28(31)39)27(38)30(17,40)26(37)20(13)24(21)35/h6-9,13,17,23,32,34-35,38,40H,10-12H2,1-5H3,(H2,31,39)/t13-,17-,23-,30-/m0/s1. The lowest BCUT2D eigenvalue weighted by Crippen LogP contribution is -2.65. The topological polar surface area (TPSA) is 187 Å². The monoisotopic (exact) mass is 565 g/mol. The van der Waals surface area contributed by atoms with Gasteiger partial charge in [-0.05, 0) is 83.5 Å². The molecule has 4 atom stereocenters. The zero-order chi connectivity index (χ0) is 30.2. The Morgan fingerprint density at radius 2 is 1.83 bits per heavy atom. The van der Waals surface area contributed by atoms with E-state index in [0.717, 1.165) is 0 Å². The molecule has 41 heavy (non-hydrogen) atoms. The number of aromatic hydroxyl groups is 1. The van der Waals surface area contributed by atoms with Crippen molar-refractivity contribution >= 4 is 23.2 Å². The van der Waals surface area contributed by atoms with Gasteiger partial charge in [0.05, 0.1) is 18.2 Å². The average Bonchev–Trinajstić information content (AvgIpc) is 3.33. The number of fused-ring (bicyclic) bond motifs is 3. The number of primary amides is 1. The van der Waals surface area contributed by atoms with Gasteiger partial charge in [0.1, 0.15) is 34.4 Å². The zero-order valence-corrected chi connectivity index (χ0v) is 23.6. The molecule has 1 heterocycles. The van der Waals surface area contributed by atoms with Gasteiger partial charge >= 0.3 is 0 Å². The van der Waals surface area contributed by atoms with Gasteiger partial charge in [-0.1, -0.05) is 0 Å². The van der Waals surface area contributed by atoms with E-state index >= 15 is 0 Å². The normalized spacial score (nSPS) is 26.3. The van der Waals surface area contributed by atoms with Crippen molar-refractivity contribution in [2.24, 2.45) is 17.6 Å². The lowest BCUT2D eigenvalue weighted by molar-refractivity contribution is -0.153. The number of carbonyl (C=O) groups excluding carboxylic acids is 3. The van der Waals surface area contributed by atoms with E-state index < -0.39 is 58.0 Å². The van der Waals surface area contributed by atoms with Gasteiger partial charge in [0.15, 0.2) is 11.4 Å². The van der Waals surface area contributed by atoms with E-state index in [1.165, 1.54) is 11.0 Å². The number of phenols is 1. The number of nitrogens with one attached hydrogen (secondary N) is 1. The first-order valence-electron chi connectivity index (χ1n) is 13.4. The Labute approximate surface area is 236 Å². The van der Waals surface area contributed by atoms with Gasteiger partial charge in [0, 0.05) is 22.6 Å². The van der Waals surface area contributed by atoms with Crippen LogP contribution in [-0.4, -0.2) is 74.1 Å². The fourth-order valence-electron chi connectivity index (χ4n) is 6.44. The van der Waals surface area contributed by atoms with Crippen molar-refractivity contribution in [2.45, 2.75) is 57.3 Å². The molecule has 5 rings (SSSR count). The molecule has 218 valence electrons. The molecule has 1 saturated carbocycles. The predicted molar refractivity (Wildman–Crippen MR) is 149 cm³/mol. The van der Waals surface area contributed by atoms with E-state index in [0.29, 0.717) is 29.2 Å². The number of aliphatic hydroxyl groups excluding tert-OH is 2. The molecule has 0 radical (unpaired) electrons. The Balaban J connectivity index is 1.64. The maximum atomic E-state index is 14.0. The molecule has 11 heteroatoms. The highest BCUT2D eigenvalue weighted by atomic mass is 16.4. The summed E-state index contributed by atoms with van der Waals surface area (Å²) in [6.07, 6.45) is 0.189. The summed E-state index contributed by atoms with van der Waals surface area (Å²) in [4.78, 5) is 40.8. The molecule has 0 unspecified atom stereocenters. The van der Waals surface area contributed by atoms with E-state index in [1.54, 1.807) is 26.2 Å². The number of hydrogen-bond acceptors (Lipinski definition) is 10. The highest BCUT2D eigenvalue weighted by molar-refractivity contribution is 6.24. The largest absolute Gasteiger partial charge is 0.508 e. The van der Waals surface area contributed by atoms with Crippen LogP contribution in [0.1, 0.15) is 44.1 Å². The van der Waals surface area contributed by atoms with Crippen LogP contribution in [0.25, 0.3) is 17.1 Å². The number of hydrogen-bond donors (Lipinski definition) is 6. The summed E-state index contributed by atoms with van der Waals surface area (Å²) in [6, 6.07) is 5.55. The second-order valence-corrected chi connectivity index (χ2v) is 12.3. The zero-order valence-electron chi connectivity index (χ0n) is 23.6. The third kappa shape index (κ3) is 4.35. The Bertz CT molecular complexity index is 1540. The van der Waals surface area contributed by atoms with Crippen molar-refractivity contribution < 1.29 is 39.2 Å². The number of ketones is 2. The molecule has 0 bridgehead atoms. The second kappa shape index (κ2) is 9.57. The Morgan fingerprint density at radius 1 is 1.15 bits per heavy atom. The van der Waals surface area contributed by atoms with Crippen molar-refractivity contribution in [3.05, 3.63) is 58.1 Å². The van der Waals surface area contributed by atoms with Crippen LogP contribution in [0.5, 0.6) is 5.75 Å². The molecule has 3 aliphatic rings. The van der Waals surface area contributed by atoms with Gasteiger partial charge in [-0.2, -0.15) is 0 Å². The molecular formula is C30H35N3O8. The first kappa shape index (κ1) is 28.6. The van der Waals surface area contributed by atoms with E-state index in [-0.39, 0.29) is 35.3 Å². The lowest BCUT2D eigenvalue weighted by Gasteiger charge is -2.50. The number of aliphatic hydroxyl groups is 3. The van der Waals surface area contributed by atoms with Gasteiger partial charge in [-0.3, -0.25) is 19.3 Å². The van der Waals surface area contributed by atoms with Crippen LogP contribution in [0.4, 0.5) is 0 Å². The Kier molecular flexibility index (Phi) is 6.68. The number of nitrogens with zero attached hydrogens (tertiary/aromatic N) is 1.